The molecule has 1 amide bonds. The number of pyridine rings is 2. The smallest absolute Gasteiger partial charge is 0.411 e. The predicted molar refractivity (Wildman–Crippen MR) is 136 cm³/mol. The summed E-state index contributed by atoms with van der Waals surface area (Å²) in [7, 11) is 1.30. The summed E-state index contributed by atoms with van der Waals surface area (Å²) in [5.74, 6) is -0.689. The van der Waals surface area contributed by atoms with E-state index >= 15 is 4.39 Å². The van der Waals surface area contributed by atoms with Crippen molar-refractivity contribution in [3.8, 4) is 5.88 Å². The van der Waals surface area contributed by atoms with Gasteiger partial charge in [-0.15, -0.1) is 0 Å². The number of hydrogen-bond acceptors (Lipinski definition) is 8. The molecule has 0 aromatic carbocycles. The van der Waals surface area contributed by atoms with Crippen molar-refractivity contribution < 1.29 is 28.2 Å². The largest absolute Gasteiger partial charge is 0.472 e. The zero-order valence-electron chi connectivity index (χ0n) is 21.7. The molecule has 0 spiro atoms. The van der Waals surface area contributed by atoms with E-state index < -0.39 is 47.2 Å². The van der Waals surface area contributed by atoms with Crippen LogP contribution in [0.1, 0.15) is 51.8 Å². The Morgan fingerprint density at radius 2 is 2.00 bits per heavy atom. The number of anilines is 1. The number of carbonyl (C=O) groups excluding carboxylic acids is 2. The number of hydrogen-bond donors (Lipinski definition) is 0. The quantitative estimate of drug-likeness (QED) is 0.407. The van der Waals surface area contributed by atoms with Gasteiger partial charge >= 0.3 is 12.1 Å². The van der Waals surface area contributed by atoms with E-state index in [2.05, 4.69) is 11.6 Å². The van der Waals surface area contributed by atoms with Crippen LogP contribution < -0.4 is 9.64 Å². The second kappa shape index (κ2) is 8.44. The molecule has 5 rings (SSSR count). The molecular formula is C26H30ClFN4O5. The number of aromatic nitrogens is 2. The summed E-state index contributed by atoms with van der Waals surface area (Å²) < 4.78 is 32.7. The van der Waals surface area contributed by atoms with Gasteiger partial charge in [-0.05, 0) is 59.1 Å². The number of methoxy groups -OCH3 is 1. The fraction of sp³-hybridized carbons (Fsp3) is 0.538. The van der Waals surface area contributed by atoms with E-state index in [9.17, 15) is 9.59 Å². The average Bonchev–Trinajstić information content (AvgIpc) is 3.04. The summed E-state index contributed by atoms with van der Waals surface area (Å²) in [5, 5.41) is 0.286. The molecule has 11 heteroatoms. The van der Waals surface area contributed by atoms with Crippen molar-refractivity contribution in [3.05, 3.63) is 28.8 Å². The number of amides is 1. The van der Waals surface area contributed by atoms with Crippen LogP contribution in [-0.2, 0) is 14.3 Å². The van der Waals surface area contributed by atoms with Crippen LogP contribution in [0.2, 0.25) is 5.15 Å². The number of piperazine rings is 1. The monoisotopic (exact) mass is 532 g/mol. The van der Waals surface area contributed by atoms with E-state index in [0.717, 1.165) is 0 Å². The highest BCUT2D eigenvalue weighted by Crippen LogP contribution is 2.50. The first kappa shape index (κ1) is 25.5. The maximum absolute atomic E-state index is 15.4. The van der Waals surface area contributed by atoms with E-state index in [1.54, 1.807) is 33.8 Å². The maximum Gasteiger partial charge on any atom is 0.411 e. The van der Waals surface area contributed by atoms with E-state index in [1.165, 1.54) is 12.0 Å². The van der Waals surface area contributed by atoms with Crippen LogP contribution in [0.25, 0.3) is 16.8 Å². The third kappa shape index (κ3) is 3.63. The SMILES string of the molecule is C=Cc1nc2c3c(nc(Cl)c(F)c3c1C)O[C@@H](C)[C@@H]1[C@@H]3CC[C@](C(=O)OC)(CN21)N3C(=O)OC(C)(C)C. The minimum atomic E-state index is -1.33. The van der Waals surface area contributed by atoms with Gasteiger partial charge in [-0.25, -0.2) is 19.0 Å². The zero-order valence-corrected chi connectivity index (χ0v) is 22.5. The number of fused-ring (bicyclic) bond motifs is 5. The average molecular weight is 533 g/mol. The summed E-state index contributed by atoms with van der Waals surface area (Å²) in [4.78, 5) is 39.4. The Morgan fingerprint density at radius 3 is 2.62 bits per heavy atom. The summed E-state index contributed by atoms with van der Waals surface area (Å²) in [5.41, 5.74) is -1.08. The first-order valence-corrected chi connectivity index (χ1v) is 12.6. The standard InChI is InChI=1S/C26H30ClFN4O5/c1-8-14-12(2)16-17-21(29-14)31-11-26(23(33)35-7)10-9-15(32(26)24(34)37-25(4,5)6)19(31)13(3)36-22(17)30-20(27)18(16)28/h8,13,15,19H,1,9-11H2,2-7H3/t13-,15-,19+,26+/m0/s1. The molecule has 37 heavy (non-hydrogen) atoms. The van der Waals surface area contributed by atoms with Gasteiger partial charge in [-0.3, -0.25) is 4.90 Å². The van der Waals surface area contributed by atoms with E-state index in [1.807, 2.05) is 11.8 Å². The predicted octanol–water partition coefficient (Wildman–Crippen LogP) is 4.65. The number of nitrogens with zero attached hydrogens (tertiary/aromatic N) is 4. The van der Waals surface area contributed by atoms with Crippen molar-refractivity contribution in [3.63, 3.8) is 0 Å². The highest BCUT2D eigenvalue weighted by Gasteiger charge is 2.65. The summed E-state index contributed by atoms with van der Waals surface area (Å²) in [6.07, 6.45) is 1.29. The van der Waals surface area contributed by atoms with Gasteiger partial charge in [0.05, 0.1) is 36.8 Å². The Labute approximate surface area is 219 Å². The molecule has 4 atom stereocenters. The molecule has 0 unspecified atom stereocenters. The fourth-order valence-electron chi connectivity index (χ4n) is 6.08. The molecule has 0 N–H and O–H groups in total. The minimum absolute atomic E-state index is 0.0548. The van der Waals surface area contributed by atoms with Crippen LogP contribution in [0.4, 0.5) is 15.0 Å². The van der Waals surface area contributed by atoms with Crippen molar-refractivity contribution in [2.24, 2.45) is 0 Å². The molecule has 2 aromatic rings. The van der Waals surface area contributed by atoms with Crippen molar-refractivity contribution in [1.82, 2.24) is 14.9 Å². The highest BCUT2D eigenvalue weighted by atomic mass is 35.5. The van der Waals surface area contributed by atoms with Gasteiger partial charge < -0.3 is 19.1 Å². The van der Waals surface area contributed by atoms with E-state index in [4.69, 9.17) is 30.8 Å². The van der Waals surface area contributed by atoms with Crippen LogP contribution in [0, 0.1) is 12.7 Å². The third-order valence-electron chi connectivity index (χ3n) is 7.51. The zero-order chi connectivity index (χ0) is 27.0. The number of halogens is 2. The van der Waals surface area contributed by atoms with Crippen LogP contribution >= 0.6 is 11.6 Å². The molecule has 3 aliphatic rings. The topological polar surface area (TPSA) is 94.1 Å². The Balaban J connectivity index is 1.76. The van der Waals surface area contributed by atoms with Gasteiger partial charge in [-0.1, -0.05) is 18.2 Å². The Morgan fingerprint density at radius 1 is 1.30 bits per heavy atom. The van der Waals surface area contributed by atoms with Crippen LogP contribution in [-0.4, -0.2) is 69.9 Å². The van der Waals surface area contributed by atoms with Gasteiger partial charge in [0, 0.05) is 5.39 Å². The first-order valence-electron chi connectivity index (χ1n) is 12.2. The molecule has 3 aliphatic heterocycles. The maximum atomic E-state index is 15.4. The first-order chi connectivity index (χ1) is 17.3. The van der Waals surface area contributed by atoms with Crippen molar-refractivity contribution >= 4 is 46.3 Å². The van der Waals surface area contributed by atoms with Crippen LogP contribution in [0.5, 0.6) is 5.88 Å². The van der Waals surface area contributed by atoms with Crippen molar-refractivity contribution in [2.45, 2.75) is 76.8 Å². The van der Waals surface area contributed by atoms with Gasteiger partial charge in [0.1, 0.15) is 17.5 Å². The number of esters is 1. The lowest BCUT2D eigenvalue weighted by atomic mass is 9.91. The molecule has 9 nitrogen and oxygen atoms in total. The van der Waals surface area contributed by atoms with E-state index in [0.29, 0.717) is 35.3 Å². The van der Waals surface area contributed by atoms with Gasteiger partial charge in [-0.2, -0.15) is 4.98 Å². The third-order valence-corrected chi connectivity index (χ3v) is 7.76. The van der Waals surface area contributed by atoms with E-state index in [-0.39, 0.29) is 23.0 Å². The normalized spacial score (nSPS) is 26.3. The van der Waals surface area contributed by atoms with Gasteiger partial charge in [0.25, 0.3) is 0 Å². The summed E-state index contributed by atoms with van der Waals surface area (Å²) in [6, 6.07) is -0.919. The van der Waals surface area contributed by atoms with Crippen LogP contribution in [0.15, 0.2) is 6.58 Å². The molecule has 5 heterocycles. The Bertz CT molecular complexity index is 1340. The molecule has 2 fully saturated rings. The lowest BCUT2D eigenvalue weighted by Crippen LogP contribution is -2.72. The fourth-order valence-corrected chi connectivity index (χ4v) is 6.25. The van der Waals surface area contributed by atoms with Gasteiger partial charge in [0.15, 0.2) is 16.5 Å². The number of carbonyl (C=O) groups is 2. The number of aryl methyl sites for hydroxylation is 1. The Kier molecular flexibility index (Phi) is 5.82. The molecule has 198 valence electrons. The molecule has 0 radical (unpaired) electrons. The summed E-state index contributed by atoms with van der Waals surface area (Å²) >= 11 is 6.18. The van der Waals surface area contributed by atoms with Crippen LogP contribution in [0.3, 0.4) is 0 Å². The lowest BCUT2D eigenvalue weighted by Gasteiger charge is -2.52. The molecule has 2 saturated heterocycles. The molecule has 0 aliphatic carbocycles. The van der Waals surface area contributed by atoms with Crippen molar-refractivity contribution in [2.75, 3.05) is 18.6 Å². The molecular weight excluding hydrogens is 503 g/mol. The Hall–Kier alpha value is -3.14. The van der Waals surface area contributed by atoms with Gasteiger partial charge in [0.2, 0.25) is 5.88 Å². The second-order valence-corrected chi connectivity index (χ2v) is 11.2. The molecule has 2 aromatic heterocycles. The minimum Gasteiger partial charge on any atom is -0.472 e. The second-order valence-electron chi connectivity index (χ2n) is 10.8. The summed E-state index contributed by atoms with van der Waals surface area (Å²) in [6.45, 7) is 12.8. The van der Waals surface area contributed by atoms with Crippen molar-refractivity contribution in [1.29, 1.82) is 0 Å². The molecule has 0 saturated carbocycles. The number of rotatable bonds is 2. The lowest BCUT2D eigenvalue weighted by molar-refractivity contribution is -0.155. The highest BCUT2D eigenvalue weighted by molar-refractivity contribution is 6.30. The number of ether oxygens (including phenoxy) is 3. The molecule has 2 bridgehead atoms.